The van der Waals surface area contributed by atoms with Crippen molar-refractivity contribution < 1.29 is 18.0 Å². The van der Waals surface area contributed by atoms with Crippen molar-refractivity contribution in [2.24, 2.45) is 0 Å². The van der Waals surface area contributed by atoms with E-state index >= 15 is 0 Å². The Morgan fingerprint density at radius 3 is 2.72 bits per heavy atom. The molecular weight excluding hydrogens is 379 g/mol. The van der Waals surface area contributed by atoms with E-state index in [2.05, 4.69) is 20.5 Å². The Morgan fingerprint density at radius 2 is 2.04 bits per heavy atom. The van der Waals surface area contributed by atoms with E-state index in [1.54, 1.807) is 6.07 Å². The van der Waals surface area contributed by atoms with Gasteiger partial charge >= 0.3 is 6.18 Å². The van der Waals surface area contributed by atoms with E-state index in [9.17, 15) is 18.0 Å². The fourth-order valence-corrected chi connectivity index (χ4v) is 2.72. The molecule has 0 saturated heterocycles. The fourth-order valence-electron chi connectivity index (χ4n) is 1.89. The molecular formula is C14H9ClF3N5OS. The third-order valence-electron chi connectivity index (χ3n) is 3.03. The van der Waals surface area contributed by atoms with Crippen LogP contribution < -0.4 is 5.32 Å². The highest BCUT2D eigenvalue weighted by atomic mass is 35.5. The zero-order valence-corrected chi connectivity index (χ0v) is 13.9. The molecule has 6 nitrogen and oxygen atoms in total. The Hall–Kier alpha value is -2.33. The Morgan fingerprint density at radius 1 is 1.24 bits per heavy atom. The zero-order valence-electron chi connectivity index (χ0n) is 12.3. The van der Waals surface area contributed by atoms with Gasteiger partial charge in [0.05, 0.1) is 16.3 Å². The van der Waals surface area contributed by atoms with Gasteiger partial charge in [0.2, 0.25) is 5.91 Å². The minimum absolute atomic E-state index is 0.0681. The highest BCUT2D eigenvalue weighted by Crippen LogP contribution is 2.30. The van der Waals surface area contributed by atoms with Gasteiger partial charge in [0.15, 0.2) is 10.8 Å². The van der Waals surface area contributed by atoms with Gasteiger partial charge in [-0.1, -0.05) is 23.4 Å². The summed E-state index contributed by atoms with van der Waals surface area (Å²) in [5.41, 5.74) is -0.563. The monoisotopic (exact) mass is 387 g/mol. The lowest BCUT2D eigenvalue weighted by Crippen LogP contribution is -2.15. The molecule has 3 rings (SSSR count). The number of thioether (sulfide) groups is 1. The number of hydrogen-bond acceptors (Lipinski definition) is 5. The molecule has 25 heavy (non-hydrogen) atoms. The van der Waals surface area contributed by atoms with Crippen LogP contribution in [0.4, 0.5) is 19.0 Å². The number of rotatable bonds is 4. The summed E-state index contributed by atoms with van der Waals surface area (Å²) >= 11 is 6.66. The first-order chi connectivity index (χ1) is 11.8. The van der Waals surface area contributed by atoms with E-state index in [0.29, 0.717) is 10.8 Å². The van der Waals surface area contributed by atoms with Gasteiger partial charge in [0, 0.05) is 12.4 Å². The van der Waals surface area contributed by atoms with E-state index in [1.807, 2.05) is 0 Å². The molecule has 3 aromatic rings. The van der Waals surface area contributed by atoms with Crippen molar-refractivity contribution in [2.75, 3.05) is 11.1 Å². The summed E-state index contributed by atoms with van der Waals surface area (Å²) in [6.45, 7) is 0. The molecule has 1 amide bonds. The number of halogens is 4. The zero-order chi connectivity index (χ0) is 18.0. The Balaban J connectivity index is 1.70. The predicted molar refractivity (Wildman–Crippen MR) is 86.6 cm³/mol. The van der Waals surface area contributed by atoms with Crippen LogP contribution in [0.1, 0.15) is 5.56 Å². The molecule has 3 aromatic heterocycles. The van der Waals surface area contributed by atoms with Crippen LogP contribution in [0.3, 0.4) is 0 Å². The molecule has 0 aliphatic carbocycles. The van der Waals surface area contributed by atoms with Crippen LogP contribution in [-0.2, 0) is 11.0 Å². The predicted octanol–water partition coefficient (Wildman–Crippen LogP) is 3.53. The van der Waals surface area contributed by atoms with Crippen LogP contribution in [0.5, 0.6) is 0 Å². The highest BCUT2D eigenvalue weighted by Gasteiger charge is 2.31. The molecule has 0 aliphatic heterocycles. The summed E-state index contributed by atoms with van der Waals surface area (Å²) in [6, 6.07) is 5.25. The number of amides is 1. The van der Waals surface area contributed by atoms with Crippen molar-refractivity contribution in [2.45, 2.75) is 11.3 Å². The molecule has 1 N–H and O–H groups in total. The minimum atomic E-state index is -4.47. The van der Waals surface area contributed by atoms with Gasteiger partial charge < -0.3 is 5.32 Å². The number of anilines is 1. The molecule has 0 radical (unpaired) electrons. The Labute approximate surface area is 148 Å². The Kier molecular flexibility index (Phi) is 4.82. The third kappa shape index (κ3) is 4.20. The van der Waals surface area contributed by atoms with E-state index in [4.69, 9.17) is 11.6 Å². The van der Waals surface area contributed by atoms with Crippen LogP contribution in [0.15, 0.2) is 41.8 Å². The summed E-state index contributed by atoms with van der Waals surface area (Å²) in [6.07, 6.45) is -2.19. The van der Waals surface area contributed by atoms with Crippen LogP contribution in [0.2, 0.25) is 5.02 Å². The normalized spacial score (nSPS) is 11.7. The second kappa shape index (κ2) is 6.89. The van der Waals surface area contributed by atoms with Gasteiger partial charge in [0.25, 0.3) is 0 Å². The summed E-state index contributed by atoms with van der Waals surface area (Å²) < 4.78 is 39.6. The second-order valence-corrected chi connectivity index (χ2v) is 6.20. The van der Waals surface area contributed by atoms with Crippen LogP contribution in [0.25, 0.3) is 5.65 Å². The Bertz CT molecular complexity index is 913. The third-order valence-corrected chi connectivity index (χ3v) is 4.19. The summed E-state index contributed by atoms with van der Waals surface area (Å²) in [4.78, 5) is 15.8. The maximum absolute atomic E-state index is 12.8. The number of carbonyl (C=O) groups excluding carboxylic acids is 1. The number of aromatic nitrogens is 4. The number of pyridine rings is 2. The van der Waals surface area contributed by atoms with Crippen molar-refractivity contribution in [3.05, 3.63) is 47.2 Å². The molecule has 0 fully saturated rings. The summed E-state index contributed by atoms with van der Waals surface area (Å²) in [5.74, 6) is -0.134. The quantitative estimate of drug-likeness (QED) is 0.693. The second-order valence-electron chi connectivity index (χ2n) is 4.82. The van der Waals surface area contributed by atoms with Gasteiger partial charge in [-0.3, -0.25) is 9.20 Å². The van der Waals surface area contributed by atoms with Crippen molar-refractivity contribution >= 4 is 40.7 Å². The van der Waals surface area contributed by atoms with E-state index < -0.39 is 11.7 Å². The lowest BCUT2D eigenvalue weighted by Gasteiger charge is -2.07. The average Bonchev–Trinajstić information content (AvgIpc) is 2.96. The number of nitrogens with zero attached hydrogens (tertiary/aromatic N) is 4. The molecule has 0 aromatic carbocycles. The molecule has 11 heteroatoms. The standard InChI is InChI=1S/C14H9ClF3N5OS/c15-9-2-3-10(19-5-9)20-12(24)7-25-13-22-21-11-4-1-8(6-23(11)13)14(16,17)18/h1-6H,7H2,(H,19,20,24). The van der Waals surface area contributed by atoms with Crippen molar-refractivity contribution in [3.8, 4) is 0 Å². The number of nitrogens with one attached hydrogen (secondary N) is 1. The number of alkyl halides is 3. The van der Waals surface area contributed by atoms with Gasteiger partial charge in [-0.15, -0.1) is 10.2 Å². The maximum Gasteiger partial charge on any atom is 0.417 e. The first-order valence-electron chi connectivity index (χ1n) is 6.79. The molecule has 130 valence electrons. The molecule has 0 atom stereocenters. The molecule has 0 saturated carbocycles. The molecule has 0 bridgehead atoms. The van der Waals surface area contributed by atoms with Crippen LogP contribution >= 0.6 is 23.4 Å². The molecule has 0 aliphatic rings. The minimum Gasteiger partial charge on any atom is -0.310 e. The van der Waals surface area contributed by atoms with Gasteiger partial charge in [-0.25, -0.2) is 4.98 Å². The highest BCUT2D eigenvalue weighted by molar-refractivity contribution is 7.99. The topological polar surface area (TPSA) is 72.2 Å². The fraction of sp³-hybridized carbons (Fsp3) is 0.143. The maximum atomic E-state index is 12.8. The van der Waals surface area contributed by atoms with Crippen LogP contribution in [-0.4, -0.2) is 31.2 Å². The number of carbonyl (C=O) groups is 1. The van der Waals surface area contributed by atoms with Crippen molar-refractivity contribution in [1.82, 2.24) is 19.6 Å². The summed E-state index contributed by atoms with van der Waals surface area (Å²) in [5, 5.41) is 10.7. The van der Waals surface area contributed by atoms with E-state index in [-0.39, 0.29) is 22.5 Å². The molecule has 0 unspecified atom stereocenters. The molecule has 0 spiro atoms. The van der Waals surface area contributed by atoms with Gasteiger partial charge in [-0.2, -0.15) is 13.2 Å². The van der Waals surface area contributed by atoms with Crippen molar-refractivity contribution in [1.29, 1.82) is 0 Å². The lowest BCUT2D eigenvalue weighted by molar-refractivity contribution is -0.137. The largest absolute Gasteiger partial charge is 0.417 e. The first kappa shape index (κ1) is 17.5. The molecule has 3 heterocycles. The summed E-state index contributed by atoms with van der Waals surface area (Å²) in [7, 11) is 0. The van der Waals surface area contributed by atoms with Crippen molar-refractivity contribution in [3.63, 3.8) is 0 Å². The smallest absolute Gasteiger partial charge is 0.310 e. The first-order valence-corrected chi connectivity index (χ1v) is 8.15. The number of fused-ring (bicyclic) bond motifs is 1. The van der Waals surface area contributed by atoms with Gasteiger partial charge in [-0.05, 0) is 24.3 Å². The SMILES string of the molecule is O=C(CSc1nnc2ccc(C(F)(F)F)cn12)Nc1ccc(Cl)cn1. The number of hydrogen-bond donors (Lipinski definition) is 1. The van der Waals surface area contributed by atoms with Gasteiger partial charge in [0.1, 0.15) is 5.82 Å². The lowest BCUT2D eigenvalue weighted by atomic mass is 10.3. The van der Waals surface area contributed by atoms with E-state index in [0.717, 1.165) is 24.0 Å². The van der Waals surface area contributed by atoms with E-state index in [1.165, 1.54) is 22.7 Å². The van der Waals surface area contributed by atoms with Crippen LogP contribution in [0, 0.1) is 0 Å². The average molecular weight is 388 g/mol.